The lowest BCUT2D eigenvalue weighted by Crippen LogP contribution is -2.34. The monoisotopic (exact) mass is 225 g/mol. The molecular formula is C10H15N3OS. The van der Waals surface area contributed by atoms with E-state index >= 15 is 0 Å². The summed E-state index contributed by atoms with van der Waals surface area (Å²) in [4.78, 5) is 13.0. The molecule has 0 atom stereocenters. The van der Waals surface area contributed by atoms with Gasteiger partial charge in [0.05, 0.1) is 0 Å². The van der Waals surface area contributed by atoms with Gasteiger partial charge in [-0.15, -0.1) is 0 Å². The maximum atomic E-state index is 11.2. The van der Waals surface area contributed by atoms with E-state index < -0.39 is 0 Å². The Bertz CT molecular complexity index is 312. The normalized spacial score (nSPS) is 15.7. The first-order valence-corrected chi connectivity index (χ1v) is 6.05. The van der Waals surface area contributed by atoms with E-state index in [1.165, 1.54) is 5.56 Å². The molecule has 1 aromatic rings. The van der Waals surface area contributed by atoms with Crippen LogP contribution in [0.25, 0.3) is 0 Å². The minimum absolute atomic E-state index is 0.0623. The second-order valence-corrected chi connectivity index (χ2v) is 4.31. The van der Waals surface area contributed by atoms with Crippen LogP contribution in [0.2, 0.25) is 0 Å². The molecule has 2 heterocycles. The van der Waals surface area contributed by atoms with Crippen LogP contribution < -0.4 is 10.6 Å². The van der Waals surface area contributed by atoms with Crippen LogP contribution in [0.1, 0.15) is 5.56 Å². The largest absolute Gasteiger partial charge is 0.336 e. The summed E-state index contributed by atoms with van der Waals surface area (Å²) >= 11 is 1.71. The molecule has 2 N–H and O–H groups in total. The summed E-state index contributed by atoms with van der Waals surface area (Å²) < 4.78 is 0. The molecule has 0 aromatic carbocycles. The standard InChI is InChI=1S/C10H15N3OS/c14-10-12-3-5-13(10)4-2-11-7-9-1-6-15-8-9/h1,6,8,11H,2-5,7H2,(H,12,14). The van der Waals surface area contributed by atoms with Crippen LogP contribution in [0.4, 0.5) is 4.79 Å². The molecule has 15 heavy (non-hydrogen) atoms. The topological polar surface area (TPSA) is 44.4 Å². The van der Waals surface area contributed by atoms with Gasteiger partial charge in [-0.1, -0.05) is 0 Å². The molecule has 0 saturated carbocycles. The van der Waals surface area contributed by atoms with Crippen molar-refractivity contribution in [2.75, 3.05) is 26.2 Å². The lowest BCUT2D eigenvalue weighted by Gasteiger charge is -2.13. The molecule has 0 radical (unpaired) electrons. The van der Waals surface area contributed by atoms with E-state index in [0.29, 0.717) is 0 Å². The highest BCUT2D eigenvalue weighted by atomic mass is 32.1. The molecule has 1 aliphatic heterocycles. The van der Waals surface area contributed by atoms with Crippen molar-refractivity contribution in [2.45, 2.75) is 6.54 Å². The van der Waals surface area contributed by atoms with Gasteiger partial charge in [0.15, 0.2) is 0 Å². The van der Waals surface area contributed by atoms with E-state index in [9.17, 15) is 4.79 Å². The molecule has 2 amide bonds. The van der Waals surface area contributed by atoms with Crippen LogP contribution in [0.15, 0.2) is 16.8 Å². The number of nitrogens with zero attached hydrogens (tertiary/aromatic N) is 1. The van der Waals surface area contributed by atoms with Crippen LogP contribution in [-0.4, -0.2) is 37.1 Å². The number of carbonyl (C=O) groups excluding carboxylic acids is 1. The lowest BCUT2D eigenvalue weighted by atomic mass is 10.3. The van der Waals surface area contributed by atoms with Crippen LogP contribution in [-0.2, 0) is 6.54 Å². The molecule has 1 aromatic heterocycles. The zero-order valence-electron chi connectivity index (χ0n) is 8.53. The van der Waals surface area contributed by atoms with E-state index in [2.05, 4.69) is 27.5 Å². The zero-order chi connectivity index (χ0) is 10.5. The number of hydrogen-bond donors (Lipinski definition) is 2. The van der Waals surface area contributed by atoms with Crippen molar-refractivity contribution in [3.63, 3.8) is 0 Å². The van der Waals surface area contributed by atoms with Gasteiger partial charge in [0.25, 0.3) is 0 Å². The zero-order valence-corrected chi connectivity index (χ0v) is 9.35. The lowest BCUT2D eigenvalue weighted by molar-refractivity contribution is 0.217. The average Bonchev–Trinajstić information content (AvgIpc) is 2.85. The highest BCUT2D eigenvalue weighted by Crippen LogP contribution is 2.04. The number of thiophene rings is 1. The Morgan fingerprint density at radius 1 is 1.60 bits per heavy atom. The van der Waals surface area contributed by atoms with E-state index in [1.54, 1.807) is 11.3 Å². The molecule has 5 heteroatoms. The van der Waals surface area contributed by atoms with Crippen molar-refractivity contribution in [2.24, 2.45) is 0 Å². The fourth-order valence-corrected chi connectivity index (χ4v) is 2.23. The van der Waals surface area contributed by atoms with E-state index in [-0.39, 0.29) is 6.03 Å². The molecule has 1 aliphatic rings. The van der Waals surface area contributed by atoms with Crippen molar-refractivity contribution in [3.8, 4) is 0 Å². The van der Waals surface area contributed by atoms with E-state index in [1.807, 2.05) is 4.90 Å². The number of urea groups is 1. The average molecular weight is 225 g/mol. The van der Waals surface area contributed by atoms with Crippen molar-refractivity contribution in [1.29, 1.82) is 0 Å². The van der Waals surface area contributed by atoms with Crippen molar-refractivity contribution >= 4 is 17.4 Å². The summed E-state index contributed by atoms with van der Waals surface area (Å²) in [6.45, 7) is 4.14. The van der Waals surface area contributed by atoms with Crippen molar-refractivity contribution in [1.82, 2.24) is 15.5 Å². The van der Waals surface area contributed by atoms with Gasteiger partial charge >= 0.3 is 6.03 Å². The summed E-state index contributed by atoms with van der Waals surface area (Å²) in [6, 6.07) is 2.17. The second-order valence-electron chi connectivity index (χ2n) is 3.53. The third-order valence-corrected chi connectivity index (χ3v) is 3.14. The number of amides is 2. The molecule has 4 nitrogen and oxygen atoms in total. The Balaban J connectivity index is 1.61. The highest BCUT2D eigenvalue weighted by molar-refractivity contribution is 7.07. The summed E-state index contributed by atoms with van der Waals surface area (Å²) in [5.74, 6) is 0. The van der Waals surface area contributed by atoms with E-state index in [0.717, 1.165) is 32.7 Å². The first kappa shape index (κ1) is 10.4. The van der Waals surface area contributed by atoms with Crippen LogP contribution in [0.5, 0.6) is 0 Å². The first-order valence-electron chi connectivity index (χ1n) is 5.11. The van der Waals surface area contributed by atoms with Crippen molar-refractivity contribution < 1.29 is 4.79 Å². The van der Waals surface area contributed by atoms with Gasteiger partial charge in [0.2, 0.25) is 0 Å². The predicted molar refractivity (Wildman–Crippen MR) is 61.0 cm³/mol. The maximum Gasteiger partial charge on any atom is 0.317 e. The smallest absolute Gasteiger partial charge is 0.317 e. The Hall–Kier alpha value is -1.07. The van der Waals surface area contributed by atoms with Gasteiger partial charge in [-0.3, -0.25) is 0 Å². The summed E-state index contributed by atoms with van der Waals surface area (Å²) in [5, 5.41) is 10.3. The first-order chi connectivity index (χ1) is 7.36. The van der Waals surface area contributed by atoms with Gasteiger partial charge in [-0.2, -0.15) is 11.3 Å². The van der Waals surface area contributed by atoms with Crippen molar-refractivity contribution in [3.05, 3.63) is 22.4 Å². The Morgan fingerprint density at radius 2 is 2.53 bits per heavy atom. The molecule has 82 valence electrons. The van der Waals surface area contributed by atoms with Gasteiger partial charge < -0.3 is 15.5 Å². The SMILES string of the molecule is O=C1NCCN1CCNCc1ccsc1. The highest BCUT2D eigenvalue weighted by Gasteiger charge is 2.17. The van der Waals surface area contributed by atoms with Gasteiger partial charge in [0, 0.05) is 32.7 Å². The molecule has 1 saturated heterocycles. The minimum atomic E-state index is 0.0623. The fraction of sp³-hybridized carbons (Fsp3) is 0.500. The van der Waals surface area contributed by atoms with E-state index in [4.69, 9.17) is 0 Å². The summed E-state index contributed by atoms with van der Waals surface area (Å²) in [5.41, 5.74) is 1.31. The van der Waals surface area contributed by atoms with Gasteiger partial charge in [0.1, 0.15) is 0 Å². The number of rotatable bonds is 5. The summed E-state index contributed by atoms with van der Waals surface area (Å²) in [7, 11) is 0. The second kappa shape index (κ2) is 5.14. The number of carbonyl (C=O) groups is 1. The quantitative estimate of drug-likeness (QED) is 0.730. The third kappa shape index (κ3) is 2.94. The van der Waals surface area contributed by atoms with Gasteiger partial charge in [-0.05, 0) is 22.4 Å². The molecule has 2 rings (SSSR count). The fourth-order valence-electron chi connectivity index (χ4n) is 1.56. The number of nitrogens with one attached hydrogen (secondary N) is 2. The molecule has 0 unspecified atom stereocenters. The minimum Gasteiger partial charge on any atom is -0.336 e. The molecule has 1 fully saturated rings. The maximum absolute atomic E-state index is 11.2. The predicted octanol–water partition coefficient (Wildman–Crippen LogP) is 0.863. The third-order valence-electron chi connectivity index (χ3n) is 2.41. The summed E-state index contributed by atoms with van der Waals surface area (Å²) in [6.07, 6.45) is 0. The Morgan fingerprint density at radius 3 is 3.20 bits per heavy atom. The molecule has 0 spiro atoms. The molecular weight excluding hydrogens is 210 g/mol. The Kier molecular flexibility index (Phi) is 3.58. The number of hydrogen-bond acceptors (Lipinski definition) is 3. The van der Waals surface area contributed by atoms with Crippen LogP contribution in [0.3, 0.4) is 0 Å². The van der Waals surface area contributed by atoms with Gasteiger partial charge in [-0.25, -0.2) is 4.79 Å². The van der Waals surface area contributed by atoms with Crippen LogP contribution in [0, 0.1) is 0 Å². The Labute approximate surface area is 93.3 Å². The molecule has 0 aliphatic carbocycles. The molecule has 0 bridgehead atoms. The van der Waals surface area contributed by atoms with Crippen LogP contribution >= 0.6 is 11.3 Å².